The molecular formula is AlLiPTi. The van der Waals surface area contributed by atoms with Crippen LogP contribution in [0.3, 0.4) is 0 Å². The molecule has 7 radical (unpaired) electrons. The maximum absolute atomic E-state index is 0. The molecule has 0 amide bonds. The van der Waals surface area contributed by atoms with Crippen LogP contribution in [0.1, 0.15) is 0 Å². The monoisotopic (exact) mass is 113 g/mol. The van der Waals surface area contributed by atoms with E-state index in [4.69, 9.17) is 0 Å². The van der Waals surface area contributed by atoms with Crippen molar-refractivity contribution in [2.24, 2.45) is 0 Å². The van der Waals surface area contributed by atoms with Crippen LogP contribution in [0.4, 0.5) is 0 Å². The van der Waals surface area contributed by atoms with Gasteiger partial charge in [-0.1, -0.05) is 0 Å². The molecule has 0 N–H and O–H groups in total. The van der Waals surface area contributed by atoms with Crippen molar-refractivity contribution < 1.29 is 21.7 Å². The summed E-state index contributed by atoms with van der Waals surface area (Å²) in [4.78, 5) is 0. The van der Waals surface area contributed by atoms with Crippen LogP contribution in [-0.4, -0.2) is 36.2 Å². The normalized spacial score (nSPS) is 0. The molecule has 0 bridgehead atoms. The number of hydrogen-bond acceptors (Lipinski definition) is 0. The molecule has 0 aliphatic rings. The first-order valence-corrected chi connectivity index (χ1v) is 0. The molecule has 4 heavy (non-hydrogen) atoms. The van der Waals surface area contributed by atoms with Gasteiger partial charge in [0.25, 0.3) is 0 Å². The molecule has 13 valence electrons. The summed E-state index contributed by atoms with van der Waals surface area (Å²) in [7, 11) is 0. The van der Waals surface area contributed by atoms with Gasteiger partial charge < -0.3 is 0 Å². The zero-order valence-corrected chi connectivity index (χ0v) is 6.14. The summed E-state index contributed by atoms with van der Waals surface area (Å²) in [5.74, 6) is 0. The van der Waals surface area contributed by atoms with E-state index >= 15 is 0 Å². The van der Waals surface area contributed by atoms with Gasteiger partial charge in [0.1, 0.15) is 0 Å². The van der Waals surface area contributed by atoms with Crippen molar-refractivity contribution >= 4 is 46.1 Å². The summed E-state index contributed by atoms with van der Waals surface area (Å²) in [6.45, 7) is 0. The molecule has 4 heteroatoms. The van der Waals surface area contributed by atoms with Crippen LogP contribution in [0.2, 0.25) is 0 Å². The van der Waals surface area contributed by atoms with Gasteiger partial charge in [-0.3, -0.25) is 0 Å². The first-order valence-electron chi connectivity index (χ1n) is 0. The molecule has 0 atom stereocenters. The van der Waals surface area contributed by atoms with Crippen LogP contribution in [-0.2, 0) is 21.7 Å². The zero-order valence-electron chi connectivity index (χ0n) is 2.52. The van der Waals surface area contributed by atoms with Crippen LogP contribution in [0.5, 0.6) is 0 Å². The second-order valence-corrected chi connectivity index (χ2v) is 0. The van der Waals surface area contributed by atoms with E-state index in [1.54, 1.807) is 0 Å². The summed E-state index contributed by atoms with van der Waals surface area (Å²) in [5, 5.41) is 0. The Kier molecular flexibility index (Phi) is 157. The second kappa shape index (κ2) is 18.6. The SMILES string of the molecule is [Al].[Li].[P].[Ti]. The predicted molar refractivity (Wildman–Crippen MR) is 18.4 cm³/mol. The third-order valence-corrected chi connectivity index (χ3v) is 0. The molecule has 0 saturated carbocycles. The van der Waals surface area contributed by atoms with Crippen LogP contribution in [0, 0.1) is 0 Å². The van der Waals surface area contributed by atoms with Crippen LogP contribution in [0.25, 0.3) is 0 Å². The van der Waals surface area contributed by atoms with Crippen LogP contribution < -0.4 is 0 Å². The fraction of sp³-hybridized carbons (Fsp3) is 0. The molecule has 0 spiro atoms. The second-order valence-electron chi connectivity index (χ2n) is 0. The van der Waals surface area contributed by atoms with E-state index < -0.39 is 0 Å². The molecule has 0 aromatic carbocycles. The Morgan fingerprint density at radius 1 is 1.00 bits per heavy atom. The fourth-order valence-electron chi connectivity index (χ4n) is 0. The molecular weight excluding hydrogens is 113 g/mol. The van der Waals surface area contributed by atoms with Gasteiger partial charge in [-0.25, -0.2) is 0 Å². The van der Waals surface area contributed by atoms with Gasteiger partial charge in [0.15, 0.2) is 0 Å². The third-order valence-electron chi connectivity index (χ3n) is 0. The zero-order chi connectivity index (χ0) is 0. The molecule has 0 saturated heterocycles. The Bertz CT molecular complexity index is 8.00. The molecule has 0 nitrogen and oxygen atoms in total. The molecule has 0 aliphatic carbocycles. The average molecular weight is 113 g/mol. The van der Waals surface area contributed by atoms with E-state index in [9.17, 15) is 0 Å². The summed E-state index contributed by atoms with van der Waals surface area (Å²) in [6.07, 6.45) is 0. The first kappa shape index (κ1) is 33.7. The minimum absolute atomic E-state index is 0. The van der Waals surface area contributed by atoms with E-state index in [-0.39, 0.29) is 67.8 Å². The summed E-state index contributed by atoms with van der Waals surface area (Å²) in [5.41, 5.74) is 0. The first-order chi connectivity index (χ1) is 0. The maximum Gasteiger partial charge on any atom is 0 e. The van der Waals surface area contributed by atoms with E-state index in [1.165, 1.54) is 0 Å². The average Bonchev–Trinajstić information content (AvgIpc) is 0. The smallest absolute Gasteiger partial charge is 0 e. The van der Waals surface area contributed by atoms with Crippen molar-refractivity contribution in [1.82, 2.24) is 0 Å². The van der Waals surface area contributed by atoms with Crippen LogP contribution >= 0.6 is 9.90 Å². The Morgan fingerprint density at radius 3 is 1.00 bits per heavy atom. The van der Waals surface area contributed by atoms with Crippen molar-refractivity contribution in [3.63, 3.8) is 0 Å². The standard InChI is InChI=1S/Al.Li.P.Ti. The Labute approximate surface area is 67.3 Å². The minimum atomic E-state index is 0. The minimum Gasteiger partial charge on any atom is 0 e. The van der Waals surface area contributed by atoms with E-state index in [2.05, 4.69) is 0 Å². The van der Waals surface area contributed by atoms with Crippen molar-refractivity contribution in [2.75, 3.05) is 0 Å². The molecule has 0 aromatic rings. The topological polar surface area (TPSA) is 0 Å². The quantitative estimate of drug-likeness (QED) is 0.308. The van der Waals surface area contributed by atoms with Gasteiger partial charge in [0.05, 0.1) is 0 Å². The number of hydrogen-bond donors (Lipinski definition) is 0. The summed E-state index contributed by atoms with van der Waals surface area (Å²) >= 11 is 0. The third kappa shape index (κ3) is 8.86. The van der Waals surface area contributed by atoms with Crippen molar-refractivity contribution in [3.8, 4) is 0 Å². The molecule has 0 unspecified atom stereocenters. The van der Waals surface area contributed by atoms with Gasteiger partial charge >= 0.3 is 0 Å². The summed E-state index contributed by atoms with van der Waals surface area (Å²) < 4.78 is 0. The van der Waals surface area contributed by atoms with Gasteiger partial charge in [0, 0.05) is 67.8 Å². The van der Waals surface area contributed by atoms with E-state index in [0.717, 1.165) is 0 Å². The molecule has 0 heterocycles. The molecule has 0 aromatic heterocycles. The number of rotatable bonds is 0. The molecule has 0 aliphatic heterocycles. The molecule has 0 fully saturated rings. The largest absolute Gasteiger partial charge is 0 e. The van der Waals surface area contributed by atoms with Gasteiger partial charge in [-0.2, -0.15) is 0 Å². The Morgan fingerprint density at radius 2 is 1.00 bits per heavy atom. The van der Waals surface area contributed by atoms with Gasteiger partial charge in [0.2, 0.25) is 0 Å². The Balaban J connectivity index is 0. The summed E-state index contributed by atoms with van der Waals surface area (Å²) in [6, 6.07) is 0. The van der Waals surface area contributed by atoms with Gasteiger partial charge in [-0.15, -0.1) is 0 Å². The fourth-order valence-corrected chi connectivity index (χ4v) is 0. The van der Waals surface area contributed by atoms with Crippen molar-refractivity contribution in [3.05, 3.63) is 0 Å². The van der Waals surface area contributed by atoms with Crippen molar-refractivity contribution in [1.29, 1.82) is 0 Å². The maximum atomic E-state index is 0. The van der Waals surface area contributed by atoms with E-state index in [0.29, 0.717) is 0 Å². The predicted octanol–water partition coefficient (Wildman–Crippen LogP) is 0.0971. The Hall–Kier alpha value is 2.27. The van der Waals surface area contributed by atoms with Crippen molar-refractivity contribution in [2.45, 2.75) is 0 Å². The molecule has 0 rings (SSSR count). The van der Waals surface area contributed by atoms with Crippen LogP contribution in [0.15, 0.2) is 0 Å². The van der Waals surface area contributed by atoms with Gasteiger partial charge in [-0.05, 0) is 0 Å². The van der Waals surface area contributed by atoms with E-state index in [1.807, 2.05) is 0 Å².